The SMILES string of the molecule is C=C.C=CC(CC)c1ccccc1F.CNC. The fourth-order valence-electron chi connectivity index (χ4n) is 1.29. The zero-order valence-electron chi connectivity index (χ0n) is 11.2. The number of hydrogen-bond acceptors (Lipinski definition) is 1. The molecule has 1 atom stereocenters. The van der Waals surface area contributed by atoms with Crippen LogP contribution < -0.4 is 5.32 Å². The van der Waals surface area contributed by atoms with E-state index in [-0.39, 0.29) is 11.7 Å². The van der Waals surface area contributed by atoms with Crippen molar-refractivity contribution in [2.75, 3.05) is 14.1 Å². The summed E-state index contributed by atoms with van der Waals surface area (Å²) in [5.41, 5.74) is 0.745. The Morgan fingerprint density at radius 3 is 2.12 bits per heavy atom. The van der Waals surface area contributed by atoms with Crippen LogP contribution in [-0.2, 0) is 0 Å². The lowest BCUT2D eigenvalue weighted by atomic mass is 9.96. The number of allylic oxidation sites excluding steroid dienone is 1. The van der Waals surface area contributed by atoms with Gasteiger partial charge in [0, 0.05) is 5.92 Å². The van der Waals surface area contributed by atoms with Gasteiger partial charge >= 0.3 is 0 Å². The van der Waals surface area contributed by atoms with Crippen LogP contribution in [-0.4, -0.2) is 14.1 Å². The van der Waals surface area contributed by atoms with Crippen molar-refractivity contribution in [1.82, 2.24) is 5.32 Å². The lowest BCUT2D eigenvalue weighted by molar-refractivity contribution is 0.596. The second kappa shape index (κ2) is 12.7. The summed E-state index contributed by atoms with van der Waals surface area (Å²) in [6, 6.07) is 6.85. The second-order valence-corrected chi connectivity index (χ2v) is 3.27. The summed E-state index contributed by atoms with van der Waals surface area (Å²) < 4.78 is 13.2. The largest absolute Gasteiger partial charge is 0.323 e. The van der Waals surface area contributed by atoms with Crippen LogP contribution in [0.2, 0.25) is 0 Å². The van der Waals surface area contributed by atoms with Crippen molar-refractivity contribution in [2.24, 2.45) is 0 Å². The van der Waals surface area contributed by atoms with Gasteiger partial charge in [-0.15, -0.1) is 19.7 Å². The fraction of sp³-hybridized carbons (Fsp3) is 0.333. The molecule has 1 unspecified atom stereocenters. The fourth-order valence-corrected chi connectivity index (χ4v) is 1.29. The third-order valence-electron chi connectivity index (χ3n) is 2.03. The minimum Gasteiger partial charge on any atom is -0.323 e. The first-order valence-corrected chi connectivity index (χ1v) is 5.66. The molecular formula is C15H24FN. The van der Waals surface area contributed by atoms with E-state index in [0.717, 1.165) is 12.0 Å². The van der Waals surface area contributed by atoms with E-state index in [2.05, 4.69) is 25.1 Å². The number of nitrogens with one attached hydrogen (secondary N) is 1. The molecule has 17 heavy (non-hydrogen) atoms. The molecule has 0 radical (unpaired) electrons. The summed E-state index contributed by atoms with van der Waals surface area (Å²) in [6.45, 7) is 11.7. The third kappa shape index (κ3) is 7.47. The summed E-state index contributed by atoms with van der Waals surface area (Å²) in [5, 5.41) is 2.75. The standard InChI is InChI=1S/C11H13F.C2H7N.C2H4/c1-3-9(4-2)10-7-5-6-8-11(10)12;1-3-2;1-2/h3,5-9H,1,4H2,2H3;3H,1-2H3;1-2H2. The van der Waals surface area contributed by atoms with Crippen LogP contribution >= 0.6 is 0 Å². The Balaban J connectivity index is 0. The first-order valence-electron chi connectivity index (χ1n) is 5.66. The van der Waals surface area contributed by atoms with Crippen LogP contribution in [0, 0.1) is 5.82 Å². The Morgan fingerprint density at radius 2 is 1.76 bits per heavy atom. The van der Waals surface area contributed by atoms with Gasteiger partial charge in [0.05, 0.1) is 0 Å². The monoisotopic (exact) mass is 237 g/mol. The van der Waals surface area contributed by atoms with E-state index in [0.29, 0.717) is 0 Å². The van der Waals surface area contributed by atoms with E-state index in [1.165, 1.54) is 6.07 Å². The highest BCUT2D eigenvalue weighted by molar-refractivity contribution is 5.24. The molecule has 0 aromatic heterocycles. The van der Waals surface area contributed by atoms with Gasteiger partial charge in [-0.2, -0.15) is 0 Å². The molecule has 0 bridgehead atoms. The molecule has 0 saturated heterocycles. The molecule has 0 heterocycles. The van der Waals surface area contributed by atoms with Crippen molar-refractivity contribution in [3.05, 3.63) is 61.5 Å². The zero-order chi connectivity index (χ0) is 13.7. The summed E-state index contributed by atoms with van der Waals surface area (Å²) in [6.07, 6.45) is 2.68. The van der Waals surface area contributed by atoms with Crippen LogP contribution in [0.4, 0.5) is 4.39 Å². The first kappa shape index (κ1) is 18.0. The molecular weight excluding hydrogens is 213 g/mol. The Morgan fingerprint density at radius 1 is 1.29 bits per heavy atom. The number of benzene rings is 1. The number of halogens is 1. The Kier molecular flexibility index (Phi) is 13.4. The van der Waals surface area contributed by atoms with E-state index in [1.807, 2.05) is 33.2 Å². The Labute approximate surface area is 105 Å². The highest BCUT2D eigenvalue weighted by atomic mass is 19.1. The maximum absolute atomic E-state index is 13.2. The molecule has 1 aromatic carbocycles. The molecule has 1 rings (SSSR count). The quantitative estimate of drug-likeness (QED) is 0.779. The van der Waals surface area contributed by atoms with Crippen molar-refractivity contribution < 1.29 is 4.39 Å². The van der Waals surface area contributed by atoms with Crippen molar-refractivity contribution in [2.45, 2.75) is 19.3 Å². The second-order valence-electron chi connectivity index (χ2n) is 3.27. The third-order valence-corrected chi connectivity index (χ3v) is 2.03. The predicted molar refractivity (Wildman–Crippen MR) is 75.9 cm³/mol. The molecule has 0 fully saturated rings. The lowest BCUT2D eigenvalue weighted by Crippen LogP contribution is -1.95. The van der Waals surface area contributed by atoms with Gasteiger partial charge in [0.25, 0.3) is 0 Å². The topological polar surface area (TPSA) is 12.0 Å². The molecule has 0 aliphatic rings. The van der Waals surface area contributed by atoms with E-state index >= 15 is 0 Å². The molecule has 0 saturated carbocycles. The van der Waals surface area contributed by atoms with Gasteiger partial charge in [0.2, 0.25) is 0 Å². The number of rotatable bonds is 3. The van der Waals surface area contributed by atoms with Gasteiger partial charge in [-0.05, 0) is 32.1 Å². The summed E-state index contributed by atoms with van der Waals surface area (Å²) in [7, 11) is 3.75. The normalized spacial score (nSPS) is 10.1. The maximum atomic E-state index is 13.2. The van der Waals surface area contributed by atoms with Crippen LogP contribution in [0.3, 0.4) is 0 Å². The molecule has 2 heteroatoms. The molecule has 0 amide bonds. The predicted octanol–water partition coefficient (Wildman–Crippen LogP) is 4.14. The van der Waals surface area contributed by atoms with Gasteiger partial charge in [-0.3, -0.25) is 0 Å². The first-order chi connectivity index (χ1) is 8.21. The average molecular weight is 237 g/mol. The Hall–Kier alpha value is -1.41. The number of hydrogen-bond donors (Lipinski definition) is 1. The minimum atomic E-state index is -0.135. The summed E-state index contributed by atoms with van der Waals surface area (Å²) in [5.74, 6) is 0.00968. The Bertz CT molecular complexity index is 297. The molecule has 0 spiro atoms. The summed E-state index contributed by atoms with van der Waals surface area (Å²) in [4.78, 5) is 0. The van der Waals surface area contributed by atoms with Crippen molar-refractivity contribution >= 4 is 0 Å². The van der Waals surface area contributed by atoms with Gasteiger partial charge in [0.1, 0.15) is 5.82 Å². The van der Waals surface area contributed by atoms with Crippen molar-refractivity contribution in [3.63, 3.8) is 0 Å². The van der Waals surface area contributed by atoms with E-state index < -0.39 is 0 Å². The highest BCUT2D eigenvalue weighted by Crippen LogP contribution is 2.22. The van der Waals surface area contributed by atoms with Crippen LogP contribution in [0.15, 0.2) is 50.1 Å². The van der Waals surface area contributed by atoms with Crippen LogP contribution in [0.1, 0.15) is 24.8 Å². The highest BCUT2D eigenvalue weighted by Gasteiger charge is 2.08. The molecule has 1 N–H and O–H groups in total. The zero-order valence-corrected chi connectivity index (χ0v) is 11.2. The summed E-state index contributed by atoms with van der Waals surface area (Å²) >= 11 is 0. The molecule has 0 aliphatic heterocycles. The van der Waals surface area contributed by atoms with E-state index in [9.17, 15) is 4.39 Å². The van der Waals surface area contributed by atoms with E-state index in [4.69, 9.17) is 0 Å². The van der Waals surface area contributed by atoms with Gasteiger partial charge in [-0.1, -0.05) is 31.2 Å². The van der Waals surface area contributed by atoms with Crippen LogP contribution in [0.5, 0.6) is 0 Å². The van der Waals surface area contributed by atoms with E-state index in [1.54, 1.807) is 12.1 Å². The minimum absolute atomic E-state index is 0.135. The van der Waals surface area contributed by atoms with Crippen LogP contribution in [0.25, 0.3) is 0 Å². The van der Waals surface area contributed by atoms with Crippen molar-refractivity contribution in [3.8, 4) is 0 Å². The molecule has 1 aromatic rings. The van der Waals surface area contributed by atoms with Gasteiger partial charge in [-0.25, -0.2) is 4.39 Å². The maximum Gasteiger partial charge on any atom is 0.126 e. The lowest BCUT2D eigenvalue weighted by Gasteiger charge is -2.10. The smallest absolute Gasteiger partial charge is 0.126 e. The average Bonchev–Trinajstić information content (AvgIpc) is 2.36. The molecule has 96 valence electrons. The molecule has 0 aliphatic carbocycles. The van der Waals surface area contributed by atoms with Crippen molar-refractivity contribution in [1.29, 1.82) is 0 Å². The van der Waals surface area contributed by atoms with Gasteiger partial charge in [0.15, 0.2) is 0 Å². The van der Waals surface area contributed by atoms with Gasteiger partial charge < -0.3 is 5.32 Å². The molecule has 1 nitrogen and oxygen atoms in total.